The molecule has 2 fully saturated rings. The Morgan fingerprint density at radius 3 is 2.52 bits per heavy atom. The number of rotatable bonds is 8. The molecule has 3 rings (SSSR count). The van der Waals surface area contributed by atoms with Crippen molar-refractivity contribution in [2.75, 3.05) is 13.1 Å². The fraction of sp³-hybridized carbons (Fsp3) is 0.750. The summed E-state index contributed by atoms with van der Waals surface area (Å²) >= 11 is 0. The predicted molar refractivity (Wildman–Crippen MR) is 125 cm³/mol. The molecule has 33 heavy (non-hydrogen) atoms. The number of ether oxygens (including phenoxy) is 1. The average Bonchev–Trinajstić information content (AvgIpc) is 3.31. The zero-order chi connectivity index (χ0) is 23.8. The maximum absolute atomic E-state index is 12.9. The Morgan fingerprint density at radius 2 is 1.91 bits per heavy atom. The molecule has 3 N–H and O–H groups in total. The van der Waals surface area contributed by atoms with Crippen LogP contribution in [0.3, 0.4) is 0 Å². The summed E-state index contributed by atoms with van der Waals surface area (Å²) in [4.78, 5) is 42.1. The van der Waals surface area contributed by atoms with Crippen LogP contribution in [0.25, 0.3) is 0 Å². The predicted octanol–water partition coefficient (Wildman–Crippen LogP) is 2.73. The summed E-state index contributed by atoms with van der Waals surface area (Å²) in [5.74, 6) is -0.324. The number of imidazole rings is 1. The molecule has 1 aliphatic carbocycles. The number of hydrogen-bond acceptors (Lipinski definition) is 6. The highest BCUT2D eigenvalue weighted by molar-refractivity contribution is 5.91. The number of Topliss-reactive ketones (excluding diaryl/α,β-unsaturated/α-hetero) is 1. The van der Waals surface area contributed by atoms with Crippen LogP contribution in [-0.4, -0.2) is 58.1 Å². The van der Waals surface area contributed by atoms with Crippen LogP contribution >= 0.6 is 0 Å². The van der Waals surface area contributed by atoms with E-state index in [0.29, 0.717) is 12.5 Å². The van der Waals surface area contributed by atoms with E-state index in [1.54, 1.807) is 27.0 Å². The van der Waals surface area contributed by atoms with Gasteiger partial charge in [-0.15, -0.1) is 0 Å². The van der Waals surface area contributed by atoms with Crippen molar-refractivity contribution in [1.29, 1.82) is 0 Å². The van der Waals surface area contributed by atoms with E-state index < -0.39 is 17.7 Å². The molecule has 0 radical (unpaired) electrons. The number of ketones is 1. The van der Waals surface area contributed by atoms with Crippen molar-refractivity contribution in [3.05, 3.63) is 18.7 Å². The third-order valence-corrected chi connectivity index (χ3v) is 6.48. The fourth-order valence-electron chi connectivity index (χ4n) is 4.71. The van der Waals surface area contributed by atoms with E-state index in [1.165, 1.54) is 0 Å². The quantitative estimate of drug-likeness (QED) is 0.548. The van der Waals surface area contributed by atoms with Crippen molar-refractivity contribution in [3.63, 3.8) is 0 Å². The summed E-state index contributed by atoms with van der Waals surface area (Å²) in [6.45, 7) is 6.25. The second-order valence-corrected chi connectivity index (χ2v) is 10.3. The van der Waals surface area contributed by atoms with Gasteiger partial charge in [0, 0.05) is 30.4 Å². The lowest BCUT2D eigenvalue weighted by Gasteiger charge is -2.29. The van der Waals surface area contributed by atoms with Crippen molar-refractivity contribution < 1.29 is 19.1 Å². The molecule has 2 atom stereocenters. The SMILES string of the molecule is CC(C)(C)OC(=O)N[C@@H](CC1CCCCN1)C(=O)NCC(=O)C1CCC(n2ccnc2)CC1. The van der Waals surface area contributed by atoms with Crippen molar-refractivity contribution in [2.45, 2.75) is 95.9 Å². The first kappa shape index (κ1) is 25.2. The van der Waals surface area contributed by atoms with E-state index in [4.69, 9.17) is 4.74 Å². The molecule has 1 aromatic rings. The van der Waals surface area contributed by atoms with Gasteiger partial charge in [0.1, 0.15) is 11.6 Å². The number of nitrogens with zero attached hydrogens (tertiary/aromatic N) is 2. The summed E-state index contributed by atoms with van der Waals surface area (Å²) in [7, 11) is 0. The Kier molecular flexibility index (Phi) is 8.88. The lowest BCUT2D eigenvalue weighted by atomic mass is 9.83. The molecule has 1 aliphatic heterocycles. The summed E-state index contributed by atoms with van der Waals surface area (Å²) in [6, 6.07) is -0.213. The topological polar surface area (TPSA) is 114 Å². The first-order chi connectivity index (χ1) is 15.7. The van der Waals surface area contributed by atoms with Crippen molar-refractivity contribution >= 4 is 17.8 Å². The molecular formula is C24H39N5O4. The molecule has 0 bridgehead atoms. The molecule has 9 nitrogen and oxygen atoms in total. The number of alkyl carbamates (subject to hydrolysis) is 1. The monoisotopic (exact) mass is 461 g/mol. The van der Waals surface area contributed by atoms with Gasteiger partial charge in [-0.2, -0.15) is 0 Å². The summed E-state index contributed by atoms with van der Waals surface area (Å²) in [6.07, 6.45) is 12.1. The van der Waals surface area contributed by atoms with Gasteiger partial charge in [-0.05, 0) is 72.3 Å². The Bertz CT molecular complexity index is 775. The van der Waals surface area contributed by atoms with Gasteiger partial charge in [0.25, 0.3) is 0 Å². The minimum absolute atomic E-state index is 0.0101. The first-order valence-corrected chi connectivity index (χ1v) is 12.2. The molecule has 2 amide bonds. The molecule has 1 saturated carbocycles. The first-order valence-electron chi connectivity index (χ1n) is 12.2. The van der Waals surface area contributed by atoms with Crippen LogP contribution in [0.15, 0.2) is 18.7 Å². The second-order valence-electron chi connectivity index (χ2n) is 10.3. The minimum Gasteiger partial charge on any atom is -0.444 e. The molecule has 1 saturated heterocycles. The molecule has 184 valence electrons. The minimum atomic E-state index is -0.750. The van der Waals surface area contributed by atoms with Crippen LogP contribution in [-0.2, 0) is 14.3 Å². The van der Waals surface area contributed by atoms with Gasteiger partial charge in [-0.25, -0.2) is 9.78 Å². The van der Waals surface area contributed by atoms with Crippen LogP contribution in [0, 0.1) is 5.92 Å². The Hall–Kier alpha value is -2.42. The van der Waals surface area contributed by atoms with E-state index >= 15 is 0 Å². The number of carbonyl (C=O) groups is 3. The Labute approximate surface area is 196 Å². The highest BCUT2D eigenvalue weighted by Gasteiger charge is 2.30. The van der Waals surface area contributed by atoms with Gasteiger partial charge in [-0.3, -0.25) is 9.59 Å². The van der Waals surface area contributed by atoms with E-state index in [2.05, 4.69) is 25.5 Å². The number of amides is 2. The third-order valence-electron chi connectivity index (χ3n) is 6.48. The van der Waals surface area contributed by atoms with Crippen molar-refractivity contribution in [3.8, 4) is 0 Å². The number of piperidine rings is 1. The van der Waals surface area contributed by atoms with Gasteiger partial charge < -0.3 is 25.3 Å². The summed E-state index contributed by atoms with van der Waals surface area (Å²) < 4.78 is 7.45. The lowest BCUT2D eigenvalue weighted by molar-refractivity contribution is -0.128. The maximum atomic E-state index is 12.9. The normalized spacial score (nSPS) is 24.5. The maximum Gasteiger partial charge on any atom is 0.408 e. The standard InChI is InChI=1S/C24H39N5O4/c1-24(2,3)33-23(32)28-20(14-18-6-4-5-11-26-18)22(31)27-15-21(30)17-7-9-19(10-8-17)29-13-12-25-16-29/h12-13,16-20,26H,4-11,14-15H2,1-3H3,(H,27,31)(H,28,32)/t17?,18?,19?,20-/m0/s1. The second kappa shape index (κ2) is 11.6. The molecule has 0 spiro atoms. The molecule has 1 aromatic heterocycles. The van der Waals surface area contributed by atoms with Gasteiger partial charge in [0.15, 0.2) is 5.78 Å². The van der Waals surface area contributed by atoms with Gasteiger partial charge in [0.05, 0.1) is 12.9 Å². The number of carbonyl (C=O) groups excluding carboxylic acids is 3. The lowest BCUT2D eigenvalue weighted by Crippen LogP contribution is -2.52. The molecule has 0 aromatic carbocycles. The van der Waals surface area contributed by atoms with Gasteiger partial charge >= 0.3 is 6.09 Å². The highest BCUT2D eigenvalue weighted by Crippen LogP contribution is 2.32. The molecule has 1 unspecified atom stereocenters. The molecular weight excluding hydrogens is 422 g/mol. The van der Waals surface area contributed by atoms with E-state index in [1.807, 2.05) is 12.5 Å². The van der Waals surface area contributed by atoms with Crippen LogP contribution in [0.5, 0.6) is 0 Å². The van der Waals surface area contributed by atoms with E-state index in [9.17, 15) is 14.4 Å². The van der Waals surface area contributed by atoms with Crippen LogP contribution in [0.4, 0.5) is 4.79 Å². The number of aromatic nitrogens is 2. The van der Waals surface area contributed by atoms with Gasteiger partial charge in [0.2, 0.25) is 5.91 Å². The van der Waals surface area contributed by atoms with Crippen LogP contribution in [0.1, 0.15) is 78.2 Å². The van der Waals surface area contributed by atoms with Crippen molar-refractivity contribution in [1.82, 2.24) is 25.5 Å². The van der Waals surface area contributed by atoms with Crippen molar-refractivity contribution in [2.24, 2.45) is 5.92 Å². The zero-order valence-corrected chi connectivity index (χ0v) is 20.1. The largest absolute Gasteiger partial charge is 0.444 e. The molecule has 2 aliphatic rings. The summed E-state index contributed by atoms with van der Waals surface area (Å²) in [5, 5.41) is 8.90. The Balaban J connectivity index is 1.49. The Morgan fingerprint density at radius 1 is 1.15 bits per heavy atom. The van der Waals surface area contributed by atoms with Crippen LogP contribution < -0.4 is 16.0 Å². The highest BCUT2D eigenvalue weighted by atomic mass is 16.6. The fourth-order valence-corrected chi connectivity index (χ4v) is 4.71. The smallest absolute Gasteiger partial charge is 0.408 e. The zero-order valence-electron chi connectivity index (χ0n) is 20.1. The summed E-state index contributed by atoms with van der Waals surface area (Å²) in [5.41, 5.74) is -0.653. The third kappa shape index (κ3) is 8.14. The average molecular weight is 462 g/mol. The number of hydrogen-bond donors (Lipinski definition) is 3. The van der Waals surface area contributed by atoms with Gasteiger partial charge in [-0.1, -0.05) is 6.42 Å². The van der Waals surface area contributed by atoms with Crippen LogP contribution in [0.2, 0.25) is 0 Å². The number of nitrogens with one attached hydrogen (secondary N) is 3. The van der Waals surface area contributed by atoms with E-state index in [-0.39, 0.29) is 30.2 Å². The molecule has 9 heteroatoms. The molecule has 2 heterocycles. The van der Waals surface area contributed by atoms with E-state index in [0.717, 1.165) is 51.5 Å².